The fourth-order valence-electron chi connectivity index (χ4n) is 4.18. The minimum atomic E-state index is -5.77. The van der Waals surface area contributed by atoms with E-state index in [1.54, 1.807) is 0 Å². The quantitative estimate of drug-likeness (QED) is 0.370. The van der Waals surface area contributed by atoms with Gasteiger partial charge in [0, 0.05) is 11.3 Å². The predicted molar refractivity (Wildman–Crippen MR) is 124 cm³/mol. The maximum Gasteiger partial charge on any atom is 0.458 e. The molecule has 1 amide bonds. The van der Waals surface area contributed by atoms with Crippen molar-refractivity contribution in [1.82, 2.24) is 20.5 Å². The van der Waals surface area contributed by atoms with Crippen molar-refractivity contribution in [3.05, 3.63) is 47.6 Å². The Morgan fingerprint density at radius 3 is 2.13 bits per heavy atom. The number of carbonyl (C=O) groups is 3. The lowest BCUT2D eigenvalue weighted by molar-refractivity contribution is -0.193. The zero-order valence-electron chi connectivity index (χ0n) is 20.0. The fraction of sp³-hybridized carbons (Fsp3) is 0.458. The molecule has 0 unspecified atom stereocenters. The van der Waals surface area contributed by atoms with Crippen LogP contribution in [0, 0.1) is 0 Å². The van der Waals surface area contributed by atoms with Gasteiger partial charge in [-0.15, -0.1) is 0 Å². The summed E-state index contributed by atoms with van der Waals surface area (Å²) >= 11 is 0. The van der Waals surface area contributed by atoms with Crippen molar-refractivity contribution in [2.75, 3.05) is 18.4 Å². The number of hydrogen-bond donors (Lipinski definition) is 3. The number of carbonyl (C=O) groups excluding carboxylic acids is 3. The van der Waals surface area contributed by atoms with Gasteiger partial charge in [0.1, 0.15) is 6.33 Å². The molecule has 206 valence electrons. The molecule has 2 aliphatic rings. The Kier molecular flexibility index (Phi) is 9.41. The van der Waals surface area contributed by atoms with Crippen molar-refractivity contribution in [2.45, 2.75) is 56.8 Å². The summed E-state index contributed by atoms with van der Waals surface area (Å²) < 4.78 is 67.0. The molecule has 1 saturated heterocycles. The summed E-state index contributed by atoms with van der Waals surface area (Å²) in [7, 11) is 0. The highest BCUT2D eigenvalue weighted by atomic mass is 19.4. The second-order valence-corrected chi connectivity index (χ2v) is 8.75. The molecule has 8 nitrogen and oxygen atoms in total. The number of benzene rings is 1. The topological polar surface area (TPSA) is 117 Å². The standard InChI is InChI=1S/C20H25N5O.C4F6O2/c26-20(19-22-13-23-25-19)24-18-7-6-16(14-8-10-21-11-9-14)12-17(18)15-4-2-1-3-5-15;5-3(6,7)1(11)2(12)4(8,9)10/h4,6-7,12-14,21H,1-3,5,8-11H2,(H,24,26)(H,22,23,25);. The largest absolute Gasteiger partial charge is 0.458 e. The maximum absolute atomic E-state index is 12.4. The summed E-state index contributed by atoms with van der Waals surface area (Å²) in [6.45, 7) is 2.15. The predicted octanol–water partition coefficient (Wildman–Crippen LogP) is 4.73. The van der Waals surface area contributed by atoms with Crippen LogP contribution in [0.15, 0.2) is 30.6 Å². The van der Waals surface area contributed by atoms with Crippen molar-refractivity contribution in [3.8, 4) is 0 Å². The molecule has 0 spiro atoms. The first kappa shape index (κ1) is 29.0. The minimum absolute atomic E-state index is 0.232. The van der Waals surface area contributed by atoms with E-state index < -0.39 is 23.9 Å². The molecule has 0 bridgehead atoms. The molecule has 0 saturated carbocycles. The van der Waals surface area contributed by atoms with E-state index in [9.17, 15) is 40.7 Å². The Hall–Kier alpha value is -3.55. The first-order chi connectivity index (χ1) is 17.9. The third kappa shape index (κ3) is 7.73. The van der Waals surface area contributed by atoms with Crippen LogP contribution >= 0.6 is 0 Å². The minimum Gasteiger partial charge on any atom is -0.319 e. The van der Waals surface area contributed by atoms with Crippen molar-refractivity contribution >= 4 is 28.7 Å². The summed E-state index contributed by atoms with van der Waals surface area (Å²) in [5, 5.41) is 12.8. The summed E-state index contributed by atoms with van der Waals surface area (Å²) in [5.41, 5.74) is 4.75. The van der Waals surface area contributed by atoms with Crippen LogP contribution in [0.3, 0.4) is 0 Å². The van der Waals surface area contributed by atoms with E-state index in [1.165, 1.54) is 43.1 Å². The number of aromatic amines is 1. The van der Waals surface area contributed by atoms with Gasteiger partial charge in [-0.25, -0.2) is 4.98 Å². The van der Waals surface area contributed by atoms with Crippen LogP contribution in [0.4, 0.5) is 32.0 Å². The van der Waals surface area contributed by atoms with Gasteiger partial charge >= 0.3 is 23.9 Å². The molecular weight excluding hydrogens is 520 g/mol. The average Bonchev–Trinajstić information content (AvgIpc) is 3.44. The van der Waals surface area contributed by atoms with E-state index in [0.717, 1.165) is 37.2 Å². The first-order valence-corrected chi connectivity index (χ1v) is 11.8. The fourth-order valence-corrected chi connectivity index (χ4v) is 4.18. The zero-order chi connectivity index (χ0) is 27.9. The Bertz CT molecular complexity index is 1150. The summed E-state index contributed by atoms with van der Waals surface area (Å²) in [5.74, 6) is -6.24. The highest BCUT2D eigenvalue weighted by molar-refractivity contribution is 6.41. The second kappa shape index (κ2) is 12.3. The van der Waals surface area contributed by atoms with E-state index in [4.69, 9.17) is 0 Å². The van der Waals surface area contributed by atoms with Crippen molar-refractivity contribution in [3.63, 3.8) is 0 Å². The molecule has 38 heavy (non-hydrogen) atoms. The second-order valence-electron chi connectivity index (χ2n) is 8.75. The molecule has 0 radical (unpaired) electrons. The van der Waals surface area contributed by atoms with Gasteiger partial charge in [0.15, 0.2) is 0 Å². The van der Waals surface area contributed by atoms with Gasteiger partial charge in [-0.1, -0.05) is 12.1 Å². The van der Waals surface area contributed by atoms with E-state index >= 15 is 0 Å². The highest BCUT2D eigenvalue weighted by Gasteiger charge is 2.54. The molecule has 3 N–H and O–H groups in total. The van der Waals surface area contributed by atoms with Crippen LogP contribution < -0.4 is 10.6 Å². The van der Waals surface area contributed by atoms with Crippen LogP contribution in [0.5, 0.6) is 0 Å². The van der Waals surface area contributed by atoms with Crippen molar-refractivity contribution in [2.24, 2.45) is 0 Å². The Balaban J connectivity index is 0.000000284. The molecule has 1 aliphatic heterocycles. The van der Waals surface area contributed by atoms with Gasteiger partial charge in [-0.05, 0) is 80.8 Å². The van der Waals surface area contributed by atoms with Crippen molar-refractivity contribution in [1.29, 1.82) is 0 Å². The molecule has 0 atom stereocenters. The van der Waals surface area contributed by atoms with E-state index in [2.05, 4.69) is 50.1 Å². The number of nitrogens with zero attached hydrogens (tertiary/aromatic N) is 2. The molecular formula is C24H25F6N5O3. The molecule has 2 heterocycles. The number of piperidine rings is 1. The van der Waals surface area contributed by atoms with Gasteiger partial charge in [0.25, 0.3) is 5.91 Å². The lowest BCUT2D eigenvalue weighted by Crippen LogP contribution is -2.39. The van der Waals surface area contributed by atoms with Gasteiger partial charge in [0.05, 0.1) is 0 Å². The van der Waals surface area contributed by atoms with Crippen LogP contribution in [-0.2, 0) is 9.59 Å². The monoisotopic (exact) mass is 545 g/mol. The summed E-state index contributed by atoms with van der Waals surface area (Å²) in [4.78, 5) is 35.6. The molecule has 1 fully saturated rings. The number of anilines is 1. The number of hydrogen-bond acceptors (Lipinski definition) is 6. The SMILES string of the molecule is O=C(C(=O)C(F)(F)F)C(F)(F)F.O=C(Nc1ccc(C2CCNCC2)cc1C1=CCCCC1)c1ncn[nH]1. The van der Waals surface area contributed by atoms with Crippen LogP contribution in [-0.4, -0.2) is 58.1 Å². The van der Waals surface area contributed by atoms with Gasteiger partial charge in [0.2, 0.25) is 5.82 Å². The third-order valence-corrected chi connectivity index (χ3v) is 6.09. The summed E-state index contributed by atoms with van der Waals surface area (Å²) in [6.07, 6.45) is -0.891. The number of H-pyrrole nitrogens is 1. The number of ketones is 2. The first-order valence-electron chi connectivity index (χ1n) is 11.8. The van der Waals surface area contributed by atoms with Crippen LogP contribution in [0.1, 0.15) is 66.2 Å². The number of allylic oxidation sites excluding steroid dienone is 2. The lowest BCUT2D eigenvalue weighted by atomic mass is 9.86. The van der Waals surface area contributed by atoms with E-state index in [-0.39, 0.29) is 11.7 Å². The molecule has 14 heteroatoms. The van der Waals surface area contributed by atoms with Crippen molar-refractivity contribution < 1.29 is 40.7 Å². The van der Waals surface area contributed by atoms with E-state index in [1.807, 2.05) is 0 Å². The Labute approximate surface area is 213 Å². The van der Waals surface area contributed by atoms with Gasteiger partial charge in [-0.3, -0.25) is 19.5 Å². The number of Topliss-reactive ketones (excluding diaryl/α,β-unsaturated/α-hetero) is 2. The Morgan fingerprint density at radius 1 is 0.947 bits per heavy atom. The van der Waals surface area contributed by atoms with E-state index in [0.29, 0.717) is 5.92 Å². The number of aromatic nitrogens is 3. The molecule has 1 aromatic heterocycles. The number of alkyl halides is 6. The van der Waals surface area contributed by atoms with Crippen LogP contribution in [0.2, 0.25) is 0 Å². The number of rotatable bonds is 5. The van der Waals surface area contributed by atoms with Crippen LogP contribution in [0.25, 0.3) is 5.57 Å². The molecule has 1 aromatic carbocycles. The average molecular weight is 545 g/mol. The number of nitrogens with one attached hydrogen (secondary N) is 3. The molecule has 2 aromatic rings. The Morgan fingerprint density at radius 2 is 1.61 bits per heavy atom. The smallest absolute Gasteiger partial charge is 0.319 e. The normalized spacial score (nSPS) is 16.6. The van der Waals surface area contributed by atoms with Gasteiger partial charge < -0.3 is 10.6 Å². The number of amides is 1. The summed E-state index contributed by atoms with van der Waals surface area (Å²) in [6, 6.07) is 6.51. The highest BCUT2D eigenvalue weighted by Crippen LogP contribution is 2.36. The van der Waals surface area contributed by atoms with Gasteiger partial charge in [-0.2, -0.15) is 31.4 Å². The molecule has 1 aliphatic carbocycles. The zero-order valence-corrected chi connectivity index (χ0v) is 20.0. The number of halogens is 6. The maximum atomic E-state index is 12.4. The lowest BCUT2D eigenvalue weighted by Gasteiger charge is -2.25. The third-order valence-electron chi connectivity index (χ3n) is 6.09. The molecule has 4 rings (SSSR count).